The topological polar surface area (TPSA) is 112 Å². The van der Waals surface area contributed by atoms with Gasteiger partial charge in [0.2, 0.25) is 0 Å². The minimum atomic E-state index is -0.443. The molecule has 2 heterocycles. The lowest BCUT2D eigenvalue weighted by Crippen LogP contribution is -2.34. The lowest BCUT2D eigenvalue weighted by atomic mass is 10.1. The molecule has 0 spiro atoms. The van der Waals surface area contributed by atoms with Crippen LogP contribution in [-0.2, 0) is 0 Å². The molecule has 38 heavy (non-hydrogen) atoms. The smallest absolute Gasteiger partial charge is 0.271 e. The molecule has 1 amide bonds. The molecule has 9 nitrogen and oxygen atoms in total. The summed E-state index contributed by atoms with van der Waals surface area (Å²) in [5, 5.41) is 22.1. The van der Waals surface area contributed by atoms with Crippen LogP contribution in [0.15, 0.2) is 102 Å². The van der Waals surface area contributed by atoms with Crippen molar-refractivity contribution in [3.8, 4) is 0 Å². The molecular formula is C28H23ClN6O3. The highest BCUT2D eigenvalue weighted by molar-refractivity contribution is 6.31. The molecule has 0 aliphatic carbocycles. The molecule has 190 valence electrons. The third-order valence-electron chi connectivity index (χ3n) is 6.02. The van der Waals surface area contributed by atoms with Gasteiger partial charge in [0, 0.05) is 70.3 Å². The lowest BCUT2D eigenvalue weighted by molar-refractivity contribution is -0.384. The molecule has 0 radical (unpaired) electrons. The first-order chi connectivity index (χ1) is 18.4. The molecule has 5 rings (SSSR count). The maximum absolute atomic E-state index is 12.9. The van der Waals surface area contributed by atoms with Crippen LogP contribution in [0, 0.1) is 10.1 Å². The Balaban J connectivity index is 1.25. The monoisotopic (exact) mass is 526 g/mol. The predicted octanol–water partition coefficient (Wildman–Crippen LogP) is 6.46. The molecule has 1 unspecified atom stereocenters. The van der Waals surface area contributed by atoms with Crippen molar-refractivity contribution in [3.05, 3.63) is 118 Å². The molecule has 3 aromatic carbocycles. The number of aromatic nitrogens is 1. The second-order valence-corrected chi connectivity index (χ2v) is 9.11. The van der Waals surface area contributed by atoms with Gasteiger partial charge in [0.25, 0.3) is 11.6 Å². The molecule has 1 atom stereocenters. The summed E-state index contributed by atoms with van der Waals surface area (Å²) in [7, 11) is 1.94. The first-order valence-electron chi connectivity index (χ1n) is 11.7. The molecule has 0 saturated carbocycles. The number of hydrogen-bond donors (Lipinski definition) is 3. The Labute approximate surface area is 223 Å². The van der Waals surface area contributed by atoms with Gasteiger partial charge >= 0.3 is 0 Å². The van der Waals surface area contributed by atoms with Crippen molar-refractivity contribution in [1.82, 2.24) is 9.88 Å². The van der Waals surface area contributed by atoms with Crippen LogP contribution in [-0.4, -0.2) is 33.9 Å². The molecule has 0 fully saturated rings. The Hall–Kier alpha value is -4.89. The van der Waals surface area contributed by atoms with Crippen LogP contribution >= 0.6 is 11.6 Å². The zero-order chi connectivity index (χ0) is 26.6. The molecule has 1 aliphatic rings. The summed E-state index contributed by atoms with van der Waals surface area (Å²) in [4.78, 5) is 29.7. The number of halogens is 1. The SMILES string of the molecule is CN1C=CC(Cl)=CC1Nc1cccc(C(=O)Nc2ccc(Nc3ccnc4cc([N+](=O)[O-])ccc34)cc2)c1. The van der Waals surface area contributed by atoms with Gasteiger partial charge in [-0.25, -0.2) is 0 Å². The molecule has 0 bridgehead atoms. The Morgan fingerprint density at radius 1 is 1.03 bits per heavy atom. The maximum Gasteiger partial charge on any atom is 0.271 e. The quantitative estimate of drug-likeness (QED) is 0.187. The maximum atomic E-state index is 12.9. The Morgan fingerprint density at radius 2 is 1.82 bits per heavy atom. The number of nitrogens with one attached hydrogen (secondary N) is 3. The largest absolute Gasteiger partial charge is 0.362 e. The van der Waals surface area contributed by atoms with Gasteiger partial charge in [0.15, 0.2) is 0 Å². The van der Waals surface area contributed by atoms with Crippen molar-refractivity contribution in [1.29, 1.82) is 0 Å². The number of nitro benzene ring substituents is 1. The third-order valence-corrected chi connectivity index (χ3v) is 6.27. The number of carbonyl (C=O) groups excluding carboxylic acids is 1. The van der Waals surface area contributed by atoms with Crippen LogP contribution in [0.1, 0.15) is 10.4 Å². The number of nitrogens with zero attached hydrogens (tertiary/aromatic N) is 3. The summed E-state index contributed by atoms with van der Waals surface area (Å²) in [6, 6.07) is 20.9. The molecular weight excluding hydrogens is 504 g/mol. The number of benzene rings is 3. The second kappa shape index (κ2) is 10.6. The third kappa shape index (κ3) is 5.58. The summed E-state index contributed by atoms with van der Waals surface area (Å²) in [6.45, 7) is 0. The molecule has 3 N–H and O–H groups in total. The summed E-state index contributed by atoms with van der Waals surface area (Å²) < 4.78 is 0. The molecule has 10 heteroatoms. The van der Waals surface area contributed by atoms with E-state index in [-0.39, 0.29) is 17.8 Å². The fraction of sp³-hybridized carbons (Fsp3) is 0.0714. The number of carbonyl (C=O) groups is 1. The summed E-state index contributed by atoms with van der Waals surface area (Å²) in [6.07, 6.45) is 7.07. The zero-order valence-corrected chi connectivity index (χ0v) is 21.0. The van der Waals surface area contributed by atoms with Gasteiger partial charge in [-0.05, 0) is 66.7 Å². The number of nitro groups is 1. The number of fused-ring (bicyclic) bond motifs is 1. The van der Waals surface area contributed by atoms with Gasteiger partial charge in [0.1, 0.15) is 6.17 Å². The fourth-order valence-electron chi connectivity index (χ4n) is 4.02. The van der Waals surface area contributed by atoms with Crippen LogP contribution in [0.4, 0.5) is 28.4 Å². The van der Waals surface area contributed by atoms with Crippen LogP contribution < -0.4 is 16.0 Å². The average Bonchev–Trinajstić information content (AvgIpc) is 2.92. The van der Waals surface area contributed by atoms with Gasteiger partial charge in [-0.15, -0.1) is 0 Å². The van der Waals surface area contributed by atoms with E-state index in [1.807, 2.05) is 54.6 Å². The standard InChI is InChI=1S/C28H23ClN6O3/c1-34-14-12-19(29)16-27(34)32-22-4-2-3-18(15-22)28(36)33-21-7-5-20(6-8-21)31-25-11-13-30-26-17-23(35(37)38)9-10-24(25)26/h2-17,27,32H,1H3,(H,30,31)(H,33,36). The van der Waals surface area contributed by atoms with Crippen molar-refractivity contribution in [2.24, 2.45) is 0 Å². The number of non-ortho nitro benzene ring substituents is 1. The minimum absolute atomic E-state index is 0.0109. The van der Waals surface area contributed by atoms with Gasteiger partial charge in [-0.1, -0.05) is 17.7 Å². The van der Waals surface area contributed by atoms with Crippen molar-refractivity contribution < 1.29 is 9.72 Å². The van der Waals surface area contributed by atoms with Gasteiger partial charge in [-0.3, -0.25) is 19.9 Å². The van der Waals surface area contributed by atoms with E-state index >= 15 is 0 Å². The number of likely N-dealkylation sites (N-methyl/N-ethyl adjacent to an activating group) is 1. The van der Waals surface area contributed by atoms with Gasteiger partial charge in [0.05, 0.1) is 10.4 Å². The minimum Gasteiger partial charge on any atom is -0.362 e. The number of hydrogen-bond acceptors (Lipinski definition) is 7. The van der Waals surface area contributed by atoms with E-state index in [0.717, 1.165) is 22.4 Å². The highest BCUT2D eigenvalue weighted by atomic mass is 35.5. The Kier molecular flexibility index (Phi) is 6.92. The van der Waals surface area contributed by atoms with Gasteiger partial charge < -0.3 is 20.9 Å². The van der Waals surface area contributed by atoms with E-state index in [0.29, 0.717) is 21.8 Å². The van der Waals surface area contributed by atoms with E-state index in [2.05, 4.69) is 20.9 Å². The van der Waals surface area contributed by atoms with Crippen molar-refractivity contribution in [2.75, 3.05) is 23.0 Å². The van der Waals surface area contributed by atoms with Crippen LogP contribution in [0.2, 0.25) is 0 Å². The molecule has 0 saturated heterocycles. The predicted molar refractivity (Wildman–Crippen MR) is 151 cm³/mol. The number of allylic oxidation sites excluding steroid dienone is 2. The Bertz CT molecular complexity index is 1590. The average molecular weight is 527 g/mol. The highest BCUT2D eigenvalue weighted by Crippen LogP contribution is 2.28. The molecule has 4 aromatic rings. The molecule has 1 aromatic heterocycles. The van der Waals surface area contributed by atoms with E-state index in [1.54, 1.807) is 42.6 Å². The first-order valence-corrected chi connectivity index (χ1v) is 12.1. The van der Waals surface area contributed by atoms with Crippen molar-refractivity contribution in [2.45, 2.75) is 6.17 Å². The van der Waals surface area contributed by atoms with Crippen molar-refractivity contribution in [3.63, 3.8) is 0 Å². The normalized spacial score (nSPS) is 14.6. The first kappa shape index (κ1) is 24.8. The van der Waals surface area contributed by atoms with E-state index in [1.165, 1.54) is 12.1 Å². The highest BCUT2D eigenvalue weighted by Gasteiger charge is 2.14. The summed E-state index contributed by atoms with van der Waals surface area (Å²) in [5.41, 5.74) is 4.01. The number of amides is 1. The number of pyridine rings is 1. The molecule has 1 aliphatic heterocycles. The van der Waals surface area contributed by atoms with Crippen molar-refractivity contribution >= 4 is 56.8 Å². The Morgan fingerprint density at radius 3 is 2.61 bits per heavy atom. The van der Waals surface area contributed by atoms with E-state index in [4.69, 9.17) is 11.6 Å². The summed E-state index contributed by atoms with van der Waals surface area (Å²) in [5.74, 6) is -0.235. The van der Waals surface area contributed by atoms with Crippen LogP contribution in [0.3, 0.4) is 0 Å². The van der Waals surface area contributed by atoms with Crippen LogP contribution in [0.25, 0.3) is 10.9 Å². The van der Waals surface area contributed by atoms with E-state index < -0.39 is 4.92 Å². The fourth-order valence-corrected chi connectivity index (χ4v) is 4.20. The second-order valence-electron chi connectivity index (χ2n) is 8.68. The zero-order valence-electron chi connectivity index (χ0n) is 20.3. The lowest BCUT2D eigenvalue weighted by Gasteiger charge is -2.28. The number of rotatable bonds is 7. The van der Waals surface area contributed by atoms with E-state index in [9.17, 15) is 14.9 Å². The summed E-state index contributed by atoms with van der Waals surface area (Å²) >= 11 is 6.13. The van der Waals surface area contributed by atoms with Gasteiger partial charge in [-0.2, -0.15) is 0 Å². The van der Waals surface area contributed by atoms with Crippen LogP contribution in [0.5, 0.6) is 0 Å². The number of anilines is 4.